The average Bonchev–Trinajstić information content (AvgIpc) is 2.78. The van der Waals surface area contributed by atoms with Gasteiger partial charge in [-0.3, -0.25) is 9.59 Å². The van der Waals surface area contributed by atoms with Crippen molar-refractivity contribution in [1.29, 1.82) is 0 Å². The first-order chi connectivity index (χ1) is 10.2. The van der Waals surface area contributed by atoms with Crippen molar-refractivity contribution in [2.75, 3.05) is 13.1 Å². The SMILES string of the molecule is CC(=O)N1CCC2(CCc3c2nc(C(C)(C)C)[nH]c3=O)CC1. The molecule has 3 rings (SSSR count). The summed E-state index contributed by atoms with van der Waals surface area (Å²) in [7, 11) is 0. The second-order valence-corrected chi connectivity index (χ2v) is 7.78. The molecule has 1 saturated heterocycles. The summed E-state index contributed by atoms with van der Waals surface area (Å²) in [6, 6.07) is 0. The molecule has 5 nitrogen and oxygen atoms in total. The predicted octanol–water partition coefficient (Wildman–Crippen LogP) is 1.89. The second kappa shape index (κ2) is 4.93. The van der Waals surface area contributed by atoms with Gasteiger partial charge in [-0.25, -0.2) is 4.98 Å². The maximum Gasteiger partial charge on any atom is 0.254 e. The van der Waals surface area contributed by atoms with E-state index in [2.05, 4.69) is 25.8 Å². The maximum atomic E-state index is 12.4. The molecule has 0 radical (unpaired) electrons. The van der Waals surface area contributed by atoms with Gasteiger partial charge < -0.3 is 9.88 Å². The highest BCUT2D eigenvalue weighted by Crippen LogP contribution is 2.44. The number of fused-ring (bicyclic) bond motifs is 2. The summed E-state index contributed by atoms with van der Waals surface area (Å²) >= 11 is 0. The fourth-order valence-electron chi connectivity index (χ4n) is 3.74. The monoisotopic (exact) mass is 303 g/mol. The molecule has 1 aromatic rings. The van der Waals surface area contributed by atoms with E-state index < -0.39 is 0 Å². The third-order valence-corrected chi connectivity index (χ3v) is 5.25. The van der Waals surface area contributed by atoms with Gasteiger partial charge in [0.2, 0.25) is 5.91 Å². The van der Waals surface area contributed by atoms with Crippen molar-refractivity contribution >= 4 is 5.91 Å². The van der Waals surface area contributed by atoms with Crippen molar-refractivity contribution in [2.45, 2.75) is 64.2 Å². The van der Waals surface area contributed by atoms with Crippen LogP contribution in [0.3, 0.4) is 0 Å². The van der Waals surface area contributed by atoms with Crippen LogP contribution in [0.25, 0.3) is 0 Å². The molecule has 0 aromatic carbocycles. The molecule has 2 aliphatic rings. The van der Waals surface area contributed by atoms with E-state index in [1.807, 2.05) is 4.90 Å². The Bertz CT molecular complexity index is 661. The van der Waals surface area contributed by atoms with Crippen LogP contribution in [0.4, 0.5) is 0 Å². The predicted molar refractivity (Wildman–Crippen MR) is 85.0 cm³/mol. The van der Waals surface area contributed by atoms with Gasteiger partial charge >= 0.3 is 0 Å². The molecule has 1 aliphatic heterocycles. The molecule has 22 heavy (non-hydrogen) atoms. The third kappa shape index (κ3) is 2.36. The van der Waals surface area contributed by atoms with Gasteiger partial charge in [0.25, 0.3) is 5.56 Å². The van der Waals surface area contributed by atoms with Crippen molar-refractivity contribution in [2.24, 2.45) is 0 Å². The van der Waals surface area contributed by atoms with E-state index in [1.165, 1.54) is 0 Å². The number of nitrogens with one attached hydrogen (secondary N) is 1. The summed E-state index contributed by atoms with van der Waals surface area (Å²) in [5.41, 5.74) is 1.72. The Morgan fingerprint density at radius 1 is 1.23 bits per heavy atom. The van der Waals surface area contributed by atoms with Crippen LogP contribution in [0.5, 0.6) is 0 Å². The van der Waals surface area contributed by atoms with Crippen LogP contribution >= 0.6 is 0 Å². The van der Waals surface area contributed by atoms with Gasteiger partial charge in [-0.1, -0.05) is 20.8 Å². The molecule has 0 atom stereocenters. The van der Waals surface area contributed by atoms with Crippen LogP contribution in [0.2, 0.25) is 0 Å². The summed E-state index contributed by atoms with van der Waals surface area (Å²) < 4.78 is 0. The quantitative estimate of drug-likeness (QED) is 0.796. The van der Waals surface area contributed by atoms with E-state index in [9.17, 15) is 9.59 Å². The van der Waals surface area contributed by atoms with Crippen LogP contribution < -0.4 is 5.56 Å². The van der Waals surface area contributed by atoms with Crippen molar-refractivity contribution in [1.82, 2.24) is 14.9 Å². The molecule has 1 amide bonds. The minimum absolute atomic E-state index is 0.00442. The largest absolute Gasteiger partial charge is 0.343 e. The zero-order valence-corrected chi connectivity index (χ0v) is 14.0. The first kappa shape index (κ1) is 15.3. The zero-order chi connectivity index (χ0) is 16.1. The number of nitrogens with zero attached hydrogens (tertiary/aromatic N) is 2. The number of hydrogen-bond acceptors (Lipinski definition) is 3. The number of amides is 1. The van der Waals surface area contributed by atoms with Gasteiger partial charge in [-0.05, 0) is 25.7 Å². The second-order valence-electron chi connectivity index (χ2n) is 7.78. The van der Waals surface area contributed by atoms with E-state index in [4.69, 9.17) is 4.98 Å². The lowest BCUT2D eigenvalue weighted by atomic mass is 9.76. The normalized spacial score (nSPS) is 20.3. The highest BCUT2D eigenvalue weighted by molar-refractivity contribution is 5.73. The number of piperidine rings is 1. The van der Waals surface area contributed by atoms with Crippen molar-refractivity contribution in [3.8, 4) is 0 Å². The standard InChI is InChI=1S/C17H25N3O2/c1-11(21)20-9-7-17(8-10-20)6-5-12-13(17)18-15(16(2,3)4)19-14(12)22/h5-10H2,1-4H3,(H,18,19,22). The van der Waals surface area contributed by atoms with E-state index in [0.29, 0.717) is 0 Å². The molecule has 0 unspecified atom stereocenters. The fraction of sp³-hybridized carbons (Fsp3) is 0.706. The first-order valence-electron chi connectivity index (χ1n) is 8.13. The fourth-order valence-corrected chi connectivity index (χ4v) is 3.74. The lowest BCUT2D eigenvalue weighted by Gasteiger charge is -2.39. The summed E-state index contributed by atoms with van der Waals surface area (Å²) in [6.07, 6.45) is 3.62. The van der Waals surface area contributed by atoms with Crippen LogP contribution in [-0.4, -0.2) is 33.9 Å². The number of likely N-dealkylation sites (tertiary alicyclic amines) is 1. The third-order valence-electron chi connectivity index (χ3n) is 5.25. The Labute approximate surface area is 131 Å². The van der Waals surface area contributed by atoms with Crippen LogP contribution in [0, 0.1) is 0 Å². The first-order valence-corrected chi connectivity index (χ1v) is 8.13. The van der Waals surface area contributed by atoms with E-state index in [0.717, 1.165) is 55.9 Å². The molecule has 0 bridgehead atoms. The van der Waals surface area contributed by atoms with E-state index >= 15 is 0 Å². The Hall–Kier alpha value is -1.65. The molecule has 2 heterocycles. The van der Waals surface area contributed by atoms with Crippen LogP contribution in [0.1, 0.15) is 64.0 Å². The van der Waals surface area contributed by atoms with Gasteiger partial charge in [-0.2, -0.15) is 0 Å². The highest BCUT2D eigenvalue weighted by atomic mass is 16.2. The lowest BCUT2D eigenvalue weighted by molar-refractivity contribution is -0.130. The summed E-state index contributed by atoms with van der Waals surface area (Å²) in [6.45, 7) is 9.37. The van der Waals surface area contributed by atoms with Crippen molar-refractivity contribution < 1.29 is 4.79 Å². The zero-order valence-electron chi connectivity index (χ0n) is 14.0. The van der Waals surface area contributed by atoms with Gasteiger partial charge in [-0.15, -0.1) is 0 Å². The highest BCUT2D eigenvalue weighted by Gasteiger charge is 2.44. The molecule has 5 heteroatoms. The molecule has 1 fully saturated rings. The Kier molecular flexibility index (Phi) is 3.42. The number of carbonyl (C=O) groups excluding carboxylic acids is 1. The van der Waals surface area contributed by atoms with Gasteiger partial charge in [0.1, 0.15) is 5.82 Å². The number of aromatic nitrogens is 2. The minimum atomic E-state index is -0.169. The van der Waals surface area contributed by atoms with E-state index in [1.54, 1.807) is 6.92 Å². The van der Waals surface area contributed by atoms with Gasteiger partial charge in [0.05, 0.1) is 5.69 Å². The number of aromatic amines is 1. The van der Waals surface area contributed by atoms with Gasteiger partial charge in [0.15, 0.2) is 0 Å². The molecule has 0 saturated carbocycles. The molecular formula is C17H25N3O2. The minimum Gasteiger partial charge on any atom is -0.343 e. The topological polar surface area (TPSA) is 66.1 Å². The number of hydrogen-bond donors (Lipinski definition) is 1. The summed E-state index contributed by atoms with van der Waals surface area (Å²) in [5.74, 6) is 0.911. The summed E-state index contributed by atoms with van der Waals surface area (Å²) in [4.78, 5) is 33.7. The van der Waals surface area contributed by atoms with Crippen LogP contribution in [-0.2, 0) is 22.0 Å². The van der Waals surface area contributed by atoms with Crippen molar-refractivity contribution in [3.63, 3.8) is 0 Å². The van der Waals surface area contributed by atoms with Gasteiger partial charge in [0, 0.05) is 36.4 Å². The molecule has 120 valence electrons. The molecular weight excluding hydrogens is 278 g/mol. The Morgan fingerprint density at radius 2 is 1.86 bits per heavy atom. The Balaban J connectivity index is 1.99. The number of carbonyl (C=O) groups is 1. The molecule has 1 aliphatic carbocycles. The maximum absolute atomic E-state index is 12.4. The molecule has 1 N–H and O–H groups in total. The van der Waals surface area contributed by atoms with E-state index in [-0.39, 0.29) is 22.3 Å². The lowest BCUT2D eigenvalue weighted by Crippen LogP contribution is -2.44. The molecule has 1 spiro atoms. The average molecular weight is 303 g/mol. The molecule has 1 aromatic heterocycles. The number of H-pyrrole nitrogens is 1. The Morgan fingerprint density at radius 3 is 2.41 bits per heavy atom. The number of rotatable bonds is 0. The summed E-state index contributed by atoms with van der Waals surface area (Å²) in [5, 5.41) is 0. The van der Waals surface area contributed by atoms with Crippen LogP contribution in [0.15, 0.2) is 4.79 Å². The smallest absolute Gasteiger partial charge is 0.254 e. The van der Waals surface area contributed by atoms with Crippen molar-refractivity contribution in [3.05, 3.63) is 27.4 Å².